The minimum Gasteiger partial charge on any atom is -0.368 e. The number of nitrogens with two attached hydrogens (primary N) is 1. The van der Waals surface area contributed by atoms with Crippen molar-refractivity contribution in [3.05, 3.63) is 34.4 Å². The highest BCUT2D eigenvalue weighted by Crippen LogP contribution is 2.09. The summed E-state index contributed by atoms with van der Waals surface area (Å²) in [5, 5.41) is 9.37. The number of nitrogens with zero attached hydrogens (tertiary/aromatic N) is 3. The third-order valence-corrected chi connectivity index (χ3v) is 3.04. The lowest BCUT2D eigenvalue weighted by molar-refractivity contribution is -0.118. The Morgan fingerprint density at radius 1 is 1.55 bits per heavy atom. The summed E-state index contributed by atoms with van der Waals surface area (Å²) in [4.78, 5) is 26.6. The molecule has 2 aromatic rings. The van der Waals surface area contributed by atoms with E-state index in [-0.39, 0.29) is 12.5 Å². The van der Waals surface area contributed by atoms with Crippen molar-refractivity contribution in [1.29, 1.82) is 0 Å². The number of hydrogen-bond donors (Lipinski definition) is 2. The van der Waals surface area contributed by atoms with Gasteiger partial charge in [-0.05, 0) is 13.0 Å². The zero-order valence-electron chi connectivity index (χ0n) is 10.7. The first-order chi connectivity index (χ1) is 9.52. The number of aryl methyl sites for hydroxylation is 1. The van der Waals surface area contributed by atoms with E-state index in [0.717, 1.165) is 10.7 Å². The molecule has 0 unspecified atom stereocenters. The molecule has 104 valence electrons. The zero-order chi connectivity index (χ0) is 14.5. The molecule has 2 rings (SSSR count). The van der Waals surface area contributed by atoms with E-state index in [1.807, 2.05) is 12.3 Å². The molecule has 3 N–H and O–H groups in total. The van der Waals surface area contributed by atoms with E-state index in [0.29, 0.717) is 5.82 Å². The highest BCUT2D eigenvalue weighted by Gasteiger charge is 2.04. The summed E-state index contributed by atoms with van der Waals surface area (Å²) in [6, 6.07) is 1.58. The molecule has 0 aliphatic carbocycles. The van der Waals surface area contributed by atoms with Crippen molar-refractivity contribution >= 4 is 35.0 Å². The Balaban J connectivity index is 1.92. The summed E-state index contributed by atoms with van der Waals surface area (Å²) in [5.41, 5.74) is 5.78. The first-order valence-electron chi connectivity index (χ1n) is 5.76. The second kappa shape index (κ2) is 6.11. The molecule has 7 nitrogen and oxygen atoms in total. The highest BCUT2D eigenvalue weighted by molar-refractivity contribution is 7.09. The fraction of sp³-hybridized carbons (Fsp3) is 0.167. The number of primary amides is 1. The molecule has 0 radical (unpaired) electrons. The third-order valence-electron chi connectivity index (χ3n) is 2.25. The summed E-state index contributed by atoms with van der Waals surface area (Å²) in [7, 11) is 0. The Morgan fingerprint density at radius 3 is 3.00 bits per heavy atom. The smallest absolute Gasteiger partial charge is 0.249 e. The largest absolute Gasteiger partial charge is 0.368 e. The van der Waals surface area contributed by atoms with Crippen LogP contribution in [0.1, 0.15) is 10.7 Å². The van der Waals surface area contributed by atoms with E-state index in [1.165, 1.54) is 22.1 Å². The van der Waals surface area contributed by atoms with Crippen molar-refractivity contribution in [2.24, 2.45) is 5.73 Å². The Kier molecular flexibility index (Phi) is 4.26. The molecule has 0 fully saturated rings. The lowest BCUT2D eigenvalue weighted by Gasteiger charge is -1.97. The van der Waals surface area contributed by atoms with E-state index in [2.05, 4.69) is 15.4 Å². The molecular formula is C12H13N5O2S. The number of hydrogen-bond acceptors (Lipinski definition) is 5. The zero-order valence-corrected chi connectivity index (χ0v) is 11.6. The summed E-state index contributed by atoms with van der Waals surface area (Å²) in [6.45, 7) is 1.87. The predicted molar refractivity (Wildman–Crippen MR) is 75.9 cm³/mol. The van der Waals surface area contributed by atoms with Gasteiger partial charge in [0.1, 0.15) is 6.54 Å². The van der Waals surface area contributed by atoms with Gasteiger partial charge >= 0.3 is 0 Å². The van der Waals surface area contributed by atoms with Gasteiger partial charge in [-0.3, -0.25) is 14.3 Å². The van der Waals surface area contributed by atoms with Gasteiger partial charge in [0, 0.05) is 23.7 Å². The van der Waals surface area contributed by atoms with Gasteiger partial charge < -0.3 is 11.1 Å². The van der Waals surface area contributed by atoms with E-state index < -0.39 is 5.91 Å². The number of anilines is 1. The summed E-state index contributed by atoms with van der Waals surface area (Å²) in [6.07, 6.45) is 4.56. The maximum atomic E-state index is 11.7. The molecule has 0 bridgehead atoms. The van der Waals surface area contributed by atoms with Crippen molar-refractivity contribution < 1.29 is 9.59 Å². The molecule has 2 amide bonds. The first-order valence-corrected chi connectivity index (χ1v) is 6.64. The van der Waals surface area contributed by atoms with Gasteiger partial charge in [0.2, 0.25) is 11.8 Å². The number of aromatic nitrogens is 3. The molecule has 20 heavy (non-hydrogen) atoms. The SMILES string of the molecule is Cc1nc(/C=C/C(=O)Nc2ccn(CC(N)=O)n2)cs1. The summed E-state index contributed by atoms with van der Waals surface area (Å²) >= 11 is 1.52. The molecule has 0 aromatic carbocycles. The molecule has 0 spiro atoms. The Labute approximate surface area is 119 Å². The summed E-state index contributed by atoms with van der Waals surface area (Å²) < 4.78 is 1.35. The number of rotatable bonds is 5. The number of nitrogens with one attached hydrogen (secondary N) is 1. The van der Waals surface area contributed by atoms with Gasteiger partial charge in [0.05, 0.1) is 10.7 Å². The maximum Gasteiger partial charge on any atom is 0.249 e. The molecule has 2 heterocycles. The van der Waals surface area contributed by atoms with Crippen molar-refractivity contribution in [3.8, 4) is 0 Å². The second-order valence-corrected chi connectivity index (χ2v) is 5.04. The van der Waals surface area contributed by atoms with E-state index in [1.54, 1.807) is 18.3 Å². The van der Waals surface area contributed by atoms with Crippen molar-refractivity contribution in [2.45, 2.75) is 13.5 Å². The number of carbonyl (C=O) groups is 2. The molecule has 8 heteroatoms. The minimum absolute atomic E-state index is 0.0240. The fourth-order valence-electron chi connectivity index (χ4n) is 1.46. The van der Waals surface area contributed by atoms with Gasteiger partial charge in [-0.1, -0.05) is 0 Å². The highest BCUT2D eigenvalue weighted by atomic mass is 32.1. The van der Waals surface area contributed by atoms with E-state index >= 15 is 0 Å². The van der Waals surface area contributed by atoms with Gasteiger partial charge in [0.15, 0.2) is 5.82 Å². The quantitative estimate of drug-likeness (QED) is 0.795. The normalized spacial score (nSPS) is 10.8. The molecule has 0 aliphatic heterocycles. The van der Waals surface area contributed by atoms with Gasteiger partial charge in [-0.15, -0.1) is 11.3 Å². The Hall–Kier alpha value is -2.48. The van der Waals surface area contributed by atoms with Crippen LogP contribution in [-0.2, 0) is 16.1 Å². The first kappa shape index (κ1) is 13.9. The van der Waals surface area contributed by atoms with Crippen LogP contribution in [0, 0.1) is 6.92 Å². The average Bonchev–Trinajstić information content (AvgIpc) is 2.95. The number of thiazole rings is 1. The number of amides is 2. The molecule has 2 aromatic heterocycles. The van der Waals surface area contributed by atoms with Crippen molar-refractivity contribution in [3.63, 3.8) is 0 Å². The topological polar surface area (TPSA) is 103 Å². The standard InChI is InChI=1S/C12H13N5O2S/c1-8-14-9(7-20-8)2-3-12(19)15-11-4-5-17(16-11)6-10(13)18/h2-5,7H,6H2,1H3,(H2,13,18)(H,15,16,19)/b3-2+. The average molecular weight is 291 g/mol. The Bertz CT molecular complexity index is 658. The number of carbonyl (C=O) groups excluding carboxylic acids is 2. The van der Waals surface area contributed by atoms with Crippen LogP contribution in [0.2, 0.25) is 0 Å². The van der Waals surface area contributed by atoms with Crippen LogP contribution >= 0.6 is 11.3 Å². The Morgan fingerprint density at radius 2 is 2.35 bits per heavy atom. The monoisotopic (exact) mass is 291 g/mol. The molecular weight excluding hydrogens is 278 g/mol. The van der Waals surface area contributed by atoms with E-state index in [9.17, 15) is 9.59 Å². The lowest BCUT2D eigenvalue weighted by Crippen LogP contribution is -2.19. The summed E-state index contributed by atoms with van der Waals surface area (Å²) in [5.74, 6) is -0.458. The van der Waals surface area contributed by atoms with Crippen LogP contribution in [0.25, 0.3) is 6.08 Å². The van der Waals surface area contributed by atoms with Crippen LogP contribution in [0.15, 0.2) is 23.7 Å². The van der Waals surface area contributed by atoms with Crippen LogP contribution < -0.4 is 11.1 Å². The lowest BCUT2D eigenvalue weighted by atomic mass is 10.4. The van der Waals surface area contributed by atoms with Crippen LogP contribution in [0.4, 0.5) is 5.82 Å². The molecule has 0 saturated heterocycles. The van der Waals surface area contributed by atoms with Gasteiger partial charge in [0.25, 0.3) is 0 Å². The fourth-order valence-corrected chi connectivity index (χ4v) is 2.04. The predicted octanol–water partition coefficient (Wildman–Crippen LogP) is 0.785. The van der Waals surface area contributed by atoms with E-state index in [4.69, 9.17) is 5.73 Å². The van der Waals surface area contributed by atoms with Crippen molar-refractivity contribution in [2.75, 3.05) is 5.32 Å². The third kappa shape index (κ3) is 4.02. The molecule has 0 saturated carbocycles. The minimum atomic E-state index is -0.496. The van der Waals surface area contributed by atoms with Crippen LogP contribution in [-0.4, -0.2) is 26.6 Å². The van der Waals surface area contributed by atoms with Crippen LogP contribution in [0.3, 0.4) is 0 Å². The maximum absolute atomic E-state index is 11.7. The molecule has 0 atom stereocenters. The molecule has 0 aliphatic rings. The van der Waals surface area contributed by atoms with Gasteiger partial charge in [-0.25, -0.2) is 4.98 Å². The van der Waals surface area contributed by atoms with Crippen molar-refractivity contribution in [1.82, 2.24) is 14.8 Å². The van der Waals surface area contributed by atoms with Crippen LogP contribution in [0.5, 0.6) is 0 Å². The second-order valence-electron chi connectivity index (χ2n) is 3.98. The van der Waals surface area contributed by atoms with Gasteiger partial charge in [-0.2, -0.15) is 5.10 Å².